The topological polar surface area (TPSA) is 128 Å². The van der Waals surface area contributed by atoms with Crippen molar-refractivity contribution < 1.29 is 33.7 Å². The lowest BCUT2D eigenvalue weighted by Crippen LogP contribution is -2.47. The number of ether oxygens (including phenoxy) is 3. The fourth-order valence-corrected chi connectivity index (χ4v) is 3.13. The zero-order valence-electron chi connectivity index (χ0n) is 16.2. The van der Waals surface area contributed by atoms with Crippen molar-refractivity contribution in [3.05, 3.63) is 23.9 Å². The molecular formula is C19H28N2O7. The van der Waals surface area contributed by atoms with Crippen LogP contribution in [0.1, 0.15) is 39.5 Å². The molecule has 0 spiro atoms. The predicted molar refractivity (Wildman–Crippen MR) is 98.4 cm³/mol. The number of nitrogens with zero attached hydrogens (tertiary/aromatic N) is 1. The Balaban J connectivity index is 2.25. The highest BCUT2D eigenvalue weighted by Crippen LogP contribution is 2.31. The number of aliphatic hydroxyl groups is 1. The molecule has 2 aliphatic heterocycles. The minimum absolute atomic E-state index is 0.145. The molecule has 2 rings (SSSR count). The third kappa shape index (κ3) is 5.32. The molecule has 9 nitrogen and oxygen atoms in total. The van der Waals surface area contributed by atoms with E-state index in [2.05, 4.69) is 0 Å². The maximum atomic E-state index is 12.1. The Hall–Kier alpha value is -2.39. The quantitative estimate of drug-likeness (QED) is 0.535. The van der Waals surface area contributed by atoms with E-state index in [1.807, 2.05) is 13.8 Å². The molecule has 0 saturated carbocycles. The molecule has 0 aromatic rings. The van der Waals surface area contributed by atoms with Crippen LogP contribution in [0.25, 0.3) is 0 Å². The summed E-state index contributed by atoms with van der Waals surface area (Å²) in [6.07, 6.45) is 2.88. The molecule has 0 aromatic carbocycles. The standard InChI is InChI=1S/C19H28N2O7/c1-3-6-14(23)27-16-13(11-22)26-19(17(16)28-15(24)7-4-2)21-9-5-8-12(10-21)18(20)25/h5,8-9,13,16-17,19,22H,3-4,6-7,10-11H2,1-2H3,(H2,20,25)/t13-,16-,17-,19?/m1/s1. The zero-order valence-corrected chi connectivity index (χ0v) is 16.2. The van der Waals surface area contributed by atoms with E-state index in [0.29, 0.717) is 18.4 Å². The Morgan fingerprint density at radius 3 is 2.32 bits per heavy atom. The van der Waals surface area contributed by atoms with Gasteiger partial charge in [0.25, 0.3) is 0 Å². The van der Waals surface area contributed by atoms with Crippen molar-refractivity contribution in [2.24, 2.45) is 5.73 Å². The van der Waals surface area contributed by atoms with Crippen molar-refractivity contribution in [3.8, 4) is 0 Å². The molecule has 1 saturated heterocycles. The van der Waals surface area contributed by atoms with Gasteiger partial charge in [-0.25, -0.2) is 0 Å². The number of hydrogen-bond acceptors (Lipinski definition) is 8. The maximum absolute atomic E-state index is 12.1. The molecule has 0 bridgehead atoms. The summed E-state index contributed by atoms with van der Waals surface area (Å²) in [5, 5.41) is 9.71. The molecule has 1 amide bonds. The molecule has 28 heavy (non-hydrogen) atoms. The van der Waals surface area contributed by atoms with Crippen LogP contribution in [-0.2, 0) is 28.6 Å². The van der Waals surface area contributed by atoms with Gasteiger partial charge in [0, 0.05) is 24.6 Å². The average molecular weight is 396 g/mol. The largest absolute Gasteiger partial charge is 0.455 e. The summed E-state index contributed by atoms with van der Waals surface area (Å²) in [7, 11) is 0. The minimum atomic E-state index is -0.953. The number of carbonyl (C=O) groups excluding carboxylic acids is 3. The SMILES string of the molecule is CCCC(=O)O[C@@H]1[C@@H](CO)OC(N2C=CC=C(C(N)=O)C2)[C@@H]1OC(=O)CCC. The molecule has 0 aliphatic carbocycles. The first-order chi connectivity index (χ1) is 13.4. The highest BCUT2D eigenvalue weighted by Gasteiger charge is 2.51. The lowest BCUT2D eigenvalue weighted by molar-refractivity contribution is -0.169. The number of nitrogens with two attached hydrogens (primary N) is 1. The summed E-state index contributed by atoms with van der Waals surface area (Å²) in [6, 6.07) is 0. The first-order valence-corrected chi connectivity index (χ1v) is 9.49. The van der Waals surface area contributed by atoms with E-state index in [1.165, 1.54) is 0 Å². The van der Waals surface area contributed by atoms with Gasteiger partial charge in [-0.2, -0.15) is 0 Å². The van der Waals surface area contributed by atoms with Gasteiger partial charge < -0.3 is 30.0 Å². The molecule has 3 N–H and O–H groups in total. The molecule has 156 valence electrons. The van der Waals surface area contributed by atoms with Crippen LogP contribution in [0.5, 0.6) is 0 Å². The van der Waals surface area contributed by atoms with Crippen LogP contribution >= 0.6 is 0 Å². The van der Waals surface area contributed by atoms with Gasteiger partial charge in [0.1, 0.15) is 6.10 Å². The molecule has 9 heteroatoms. The normalized spacial score (nSPS) is 26.7. The first kappa shape index (κ1) is 21.9. The summed E-state index contributed by atoms with van der Waals surface area (Å²) in [5.74, 6) is -1.49. The number of amides is 1. The maximum Gasteiger partial charge on any atom is 0.306 e. The van der Waals surface area contributed by atoms with Gasteiger partial charge in [0.05, 0.1) is 13.2 Å². The summed E-state index contributed by atoms with van der Waals surface area (Å²) < 4.78 is 16.9. The second-order valence-electron chi connectivity index (χ2n) is 6.73. The number of primary amides is 1. The van der Waals surface area contributed by atoms with Gasteiger partial charge in [-0.15, -0.1) is 0 Å². The molecule has 1 unspecified atom stereocenters. The van der Waals surface area contributed by atoms with Crippen LogP contribution in [0.2, 0.25) is 0 Å². The van der Waals surface area contributed by atoms with E-state index in [4.69, 9.17) is 19.9 Å². The minimum Gasteiger partial charge on any atom is -0.455 e. The number of hydrogen-bond donors (Lipinski definition) is 2. The highest BCUT2D eigenvalue weighted by atomic mass is 16.6. The Morgan fingerprint density at radius 2 is 1.79 bits per heavy atom. The van der Waals surface area contributed by atoms with Gasteiger partial charge in [0.2, 0.25) is 5.91 Å². The van der Waals surface area contributed by atoms with E-state index < -0.39 is 49.0 Å². The Kier molecular flexibility index (Phi) is 8.01. The van der Waals surface area contributed by atoms with Crippen molar-refractivity contribution in [1.82, 2.24) is 4.90 Å². The fourth-order valence-electron chi connectivity index (χ4n) is 3.13. The number of aliphatic hydroxyl groups excluding tert-OH is 1. The van der Waals surface area contributed by atoms with Crippen LogP contribution in [0.4, 0.5) is 0 Å². The average Bonchev–Trinajstić information content (AvgIpc) is 2.99. The number of allylic oxidation sites excluding steroid dienone is 2. The van der Waals surface area contributed by atoms with E-state index in [0.717, 1.165) is 0 Å². The van der Waals surface area contributed by atoms with Crippen LogP contribution in [0, 0.1) is 0 Å². The smallest absolute Gasteiger partial charge is 0.306 e. The summed E-state index contributed by atoms with van der Waals surface area (Å²) in [5.41, 5.74) is 5.72. The summed E-state index contributed by atoms with van der Waals surface area (Å²) in [4.78, 5) is 37.4. The number of esters is 2. The van der Waals surface area contributed by atoms with Crippen LogP contribution in [0.15, 0.2) is 23.9 Å². The second-order valence-corrected chi connectivity index (χ2v) is 6.73. The van der Waals surface area contributed by atoms with Crippen LogP contribution in [-0.4, -0.2) is 65.5 Å². The Labute approximate surface area is 164 Å². The van der Waals surface area contributed by atoms with Gasteiger partial charge in [0.15, 0.2) is 18.4 Å². The summed E-state index contributed by atoms with van der Waals surface area (Å²) in [6.45, 7) is 3.41. The molecule has 1 fully saturated rings. The van der Waals surface area contributed by atoms with Gasteiger partial charge >= 0.3 is 11.9 Å². The number of carbonyl (C=O) groups is 3. The van der Waals surface area contributed by atoms with Crippen LogP contribution < -0.4 is 5.73 Å². The lowest BCUT2D eigenvalue weighted by Gasteiger charge is -2.33. The Bertz CT molecular complexity index is 646. The zero-order chi connectivity index (χ0) is 20.7. The van der Waals surface area contributed by atoms with E-state index in [9.17, 15) is 19.5 Å². The first-order valence-electron chi connectivity index (χ1n) is 9.49. The van der Waals surface area contributed by atoms with Crippen molar-refractivity contribution in [2.75, 3.05) is 13.2 Å². The highest BCUT2D eigenvalue weighted by molar-refractivity contribution is 5.92. The van der Waals surface area contributed by atoms with E-state index in [1.54, 1.807) is 23.3 Å². The van der Waals surface area contributed by atoms with Gasteiger partial charge in [-0.3, -0.25) is 14.4 Å². The fraction of sp³-hybridized carbons (Fsp3) is 0.632. The Morgan fingerprint density at radius 1 is 1.18 bits per heavy atom. The van der Waals surface area contributed by atoms with Crippen molar-refractivity contribution >= 4 is 17.8 Å². The van der Waals surface area contributed by atoms with E-state index >= 15 is 0 Å². The number of rotatable bonds is 9. The van der Waals surface area contributed by atoms with Gasteiger partial charge in [-0.1, -0.05) is 19.9 Å². The van der Waals surface area contributed by atoms with Crippen molar-refractivity contribution in [2.45, 2.75) is 64.1 Å². The summed E-state index contributed by atoms with van der Waals surface area (Å²) >= 11 is 0. The molecule has 0 radical (unpaired) electrons. The van der Waals surface area contributed by atoms with Crippen LogP contribution in [0.3, 0.4) is 0 Å². The van der Waals surface area contributed by atoms with Gasteiger partial charge in [-0.05, 0) is 18.9 Å². The van der Waals surface area contributed by atoms with Crippen molar-refractivity contribution in [3.63, 3.8) is 0 Å². The predicted octanol–water partition coefficient (Wildman–Crippen LogP) is 0.368. The molecular weight excluding hydrogens is 368 g/mol. The molecule has 2 heterocycles. The molecule has 2 aliphatic rings. The molecule has 4 atom stereocenters. The van der Waals surface area contributed by atoms with Crippen molar-refractivity contribution in [1.29, 1.82) is 0 Å². The monoisotopic (exact) mass is 396 g/mol. The lowest BCUT2D eigenvalue weighted by atomic mass is 10.1. The third-order valence-electron chi connectivity index (χ3n) is 4.48. The second kappa shape index (κ2) is 10.2. The van der Waals surface area contributed by atoms with E-state index in [-0.39, 0.29) is 19.4 Å². The third-order valence-corrected chi connectivity index (χ3v) is 4.48. The molecule has 0 aromatic heterocycles.